The van der Waals surface area contributed by atoms with Crippen LogP contribution in [0.2, 0.25) is 5.02 Å². The summed E-state index contributed by atoms with van der Waals surface area (Å²) in [4.78, 5) is 14.6. The van der Waals surface area contributed by atoms with Crippen molar-refractivity contribution in [2.24, 2.45) is 0 Å². The SMILES string of the molecule is Cc1cc(O[C@@H](C)C(=O)N(Cc2ccco2)[C@@H]2CCS(=O)(=O)C2)ccc1Cl. The van der Waals surface area contributed by atoms with Crippen LogP contribution in [0.25, 0.3) is 0 Å². The lowest BCUT2D eigenvalue weighted by Gasteiger charge is -2.30. The molecule has 1 aliphatic rings. The topological polar surface area (TPSA) is 76.8 Å². The van der Waals surface area contributed by atoms with E-state index in [4.69, 9.17) is 20.8 Å². The number of furan rings is 1. The highest BCUT2D eigenvalue weighted by atomic mass is 35.5. The summed E-state index contributed by atoms with van der Waals surface area (Å²) in [7, 11) is -3.13. The van der Waals surface area contributed by atoms with E-state index in [9.17, 15) is 13.2 Å². The number of hydrogen-bond donors (Lipinski definition) is 0. The molecule has 0 spiro atoms. The molecule has 1 aromatic carbocycles. The van der Waals surface area contributed by atoms with Gasteiger partial charge in [0.25, 0.3) is 5.91 Å². The first-order valence-corrected chi connectivity index (χ1v) is 10.9. The maximum Gasteiger partial charge on any atom is 0.264 e. The van der Waals surface area contributed by atoms with Crippen molar-refractivity contribution in [3.05, 3.63) is 52.9 Å². The van der Waals surface area contributed by atoms with Gasteiger partial charge in [-0.2, -0.15) is 0 Å². The Labute approximate surface area is 164 Å². The van der Waals surface area contributed by atoms with Gasteiger partial charge in [0.1, 0.15) is 11.5 Å². The highest BCUT2D eigenvalue weighted by molar-refractivity contribution is 7.91. The molecule has 8 heteroatoms. The van der Waals surface area contributed by atoms with Gasteiger partial charge >= 0.3 is 0 Å². The lowest BCUT2D eigenvalue weighted by Crippen LogP contribution is -2.46. The zero-order chi connectivity index (χ0) is 19.6. The second kappa shape index (κ2) is 7.94. The number of amides is 1. The molecular weight excluding hydrogens is 390 g/mol. The van der Waals surface area contributed by atoms with Gasteiger partial charge in [0.15, 0.2) is 15.9 Å². The fourth-order valence-electron chi connectivity index (χ4n) is 3.16. The first kappa shape index (κ1) is 19.8. The van der Waals surface area contributed by atoms with E-state index in [1.807, 2.05) is 6.92 Å². The first-order chi connectivity index (χ1) is 12.7. The number of rotatable bonds is 6. The highest BCUT2D eigenvalue weighted by Crippen LogP contribution is 2.24. The van der Waals surface area contributed by atoms with Crippen LogP contribution in [0.4, 0.5) is 0 Å². The number of halogens is 1. The van der Waals surface area contributed by atoms with Crippen molar-refractivity contribution in [1.82, 2.24) is 4.90 Å². The van der Waals surface area contributed by atoms with E-state index in [-0.39, 0.29) is 30.0 Å². The van der Waals surface area contributed by atoms with Gasteiger partial charge in [-0.15, -0.1) is 0 Å². The molecule has 2 atom stereocenters. The summed E-state index contributed by atoms with van der Waals surface area (Å²) in [6.07, 6.45) is 1.17. The van der Waals surface area contributed by atoms with Crippen molar-refractivity contribution in [3.63, 3.8) is 0 Å². The molecule has 1 aromatic heterocycles. The standard InChI is InChI=1S/C19H22ClNO5S/c1-13-10-16(5-6-18(13)20)26-14(2)19(22)21(11-17-4-3-8-25-17)15-7-9-27(23,24)12-15/h3-6,8,10,14-15H,7,9,11-12H2,1-2H3/t14-,15+/m0/s1. The number of hydrogen-bond acceptors (Lipinski definition) is 5. The number of sulfone groups is 1. The third kappa shape index (κ3) is 4.84. The molecule has 0 N–H and O–H groups in total. The molecule has 2 aromatic rings. The normalized spacial score (nSPS) is 19.6. The Hall–Kier alpha value is -1.99. The van der Waals surface area contributed by atoms with Crippen molar-refractivity contribution < 1.29 is 22.4 Å². The van der Waals surface area contributed by atoms with E-state index in [1.54, 1.807) is 42.2 Å². The summed E-state index contributed by atoms with van der Waals surface area (Å²) in [5.41, 5.74) is 0.850. The van der Waals surface area contributed by atoms with E-state index in [1.165, 1.54) is 6.26 Å². The summed E-state index contributed by atoms with van der Waals surface area (Å²) in [6, 6.07) is 8.30. The van der Waals surface area contributed by atoms with Gasteiger partial charge < -0.3 is 14.1 Å². The van der Waals surface area contributed by atoms with Gasteiger partial charge in [0, 0.05) is 11.1 Å². The zero-order valence-electron chi connectivity index (χ0n) is 15.2. The Morgan fingerprint density at radius 3 is 2.78 bits per heavy atom. The molecule has 0 aliphatic carbocycles. The molecule has 27 heavy (non-hydrogen) atoms. The Morgan fingerprint density at radius 2 is 2.19 bits per heavy atom. The van der Waals surface area contributed by atoms with Gasteiger partial charge in [-0.25, -0.2) is 8.42 Å². The summed E-state index contributed by atoms with van der Waals surface area (Å²) in [5, 5.41) is 0.622. The number of ether oxygens (including phenoxy) is 1. The smallest absolute Gasteiger partial charge is 0.264 e. The quantitative estimate of drug-likeness (QED) is 0.729. The maximum atomic E-state index is 13.1. The molecule has 0 radical (unpaired) electrons. The maximum absolute atomic E-state index is 13.1. The second-order valence-corrected chi connectivity index (χ2v) is 9.41. The third-order valence-corrected chi connectivity index (χ3v) is 6.80. The van der Waals surface area contributed by atoms with Gasteiger partial charge in [-0.1, -0.05) is 11.6 Å². The van der Waals surface area contributed by atoms with Gasteiger partial charge in [0.2, 0.25) is 0 Å². The van der Waals surface area contributed by atoms with Crippen LogP contribution in [0.1, 0.15) is 24.7 Å². The molecule has 1 aliphatic heterocycles. The van der Waals surface area contributed by atoms with Crippen LogP contribution >= 0.6 is 11.6 Å². The molecule has 3 rings (SSSR count). The van der Waals surface area contributed by atoms with Crippen LogP contribution in [0.15, 0.2) is 41.0 Å². The Bertz CT molecular complexity index is 910. The van der Waals surface area contributed by atoms with Crippen LogP contribution in [-0.4, -0.2) is 42.9 Å². The number of carbonyl (C=O) groups is 1. The predicted molar refractivity (Wildman–Crippen MR) is 103 cm³/mol. The third-order valence-electron chi connectivity index (χ3n) is 4.63. The molecule has 6 nitrogen and oxygen atoms in total. The minimum atomic E-state index is -3.13. The van der Waals surface area contributed by atoms with Crippen molar-refractivity contribution in [2.45, 2.75) is 39.0 Å². The molecule has 146 valence electrons. The Kier molecular flexibility index (Phi) is 5.81. The van der Waals surface area contributed by atoms with Crippen molar-refractivity contribution in [2.75, 3.05) is 11.5 Å². The van der Waals surface area contributed by atoms with Crippen molar-refractivity contribution >= 4 is 27.3 Å². The van der Waals surface area contributed by atoms with Crippen LogP contribution < -0.4 is 4.74 Å². The molecule has 1 saturated heterocycles. The summed E-state index contributed by atoms with van der Waals surface area (Å²) >= 11 is 6.02. The largest absolute Gasteiger partial charge is 0.481 e. The summed E-state index contributed by atoms with van der Waals surface area (Å²) in [5.74, 6) is 0.912. The fourth-order valence-corrected chi connectivity index (χ4v) is 5.01. The van der Waals surface area contributed by atoms with E-state index < -0.39 is 15.9 Å². The number of nitrogens with zero attached hydrogens (tertiary/aromatic N) is 1. The number of benzene rings is 1. The Morgan fingerprint density at radius 1 is 1.41 bits per heavy atom. The fraction of sp³-hybridized carbons (Fsp3) is 0.421. The predicted octanol–water partition coefficient (Wildman–Crippen LogP) is 3.22. The summed E-state index contributed by atoms with van der Waals surface area (Å²) < 4.78 is 34.9. The van der Waals surface area contributed by atoms with Crippen molar-refractivity contribution in [1.29, 1.82) is 0 Å². The molecule has 1 fully saturated rings. The molecule has 0 saturated carbocycles. The zero-order valence-corrected chi connectivity index (χ0v) is 16.8. The second-order valence-electron chi connectivity index (χ2n) is 6.77. The summed E-state index contributed by atoms with van der Waals surface area (Å²) in [6.45, 7) is 3.72. The van der Waals surface area contributed by atoms with Crippen molar-refractivity contribution in [3.8, 4) is 5.75 Å². The van der Waals surface area contributed by atoms with Crippen LogP contribution in [0.3, 0.4) is 0 Å². The van der Waals surface area contributed by atoms with E-state index >= 15 is 0 Å². The highest BCUT2D eigenvalue weighted by Gasteiger charge is 2.37. The number of aryl methyl sites for hydroxylation is 1. The minimum absolute atomic E-state index is 0.0355. The van der Waals surface area contributed by atoms with Crippen LogP contribution in [0.5, 0.6) is 5.75 Å². The van der Waals surface area contributed by atoms with Gasteiger partial charge in [0.05, 0.1) is 24.3 Å². The average Bonchev–Trinajstić information content (AvgIpc) is 3.24. The average molecular weight is 412 g/mol. The minimum Gasteiger partial charge on any atom is -0.481 e. The molecular formula is C19H22ClNO5S. The lowest BCUT2D eigenvalue weighted by molar-refractivity contribution is -0.140. The molecule has 0 unspecified atom stereocenters. The van der Waals surface area contributed by atoms with E-state index in [2.05, 4.69) is 0 Å². The van der Waals surface area contributed by atoms with E-state index in [0.717, 1.165) is 5.56 Å². The molecule has 1 amide bonds. The van der Waals surface area contributed by atoms with E-state index in [0.29, 0.717) is 23.0 Å². The lowest BCUT2D eigenvalue weighted by atomic mass is 10.2. The first-order valence-electron chi connectivity index (χ1n) is 8.71. The van der Waals surface area contributed by atoms with Gasteiger partial charge in [-0.05, 0) is 56.2 Å². The monoisotopic (exact) mass is 411 g/mol. The van der Waals surface area contributed by atoms with Crippen LogP contribution in [0, 0.1) is 6.92 Å². The molecule has 2 heterocycles. The Balaban J connectivity index is 1.77. The number of carbonyl (C=O) groups excluding carboxylic acids is 1. The van der Waals surface area contributed by atoms with Crippen LogP contribution in [-0.2, 0) is 21.2 Å². The molecule has 0 bridgehead atoms. The van der Waals surface area contributed by atoms with Gasteiger partial charge in [-0.3, -0.25) is 4.79 Å².